The van der Waals surface area contributed by atoms with Crippen LogP contribution in [0.2, 0.25) is 0 Å². The number of aryl methyl sites for hydroxylation is 1. The van der Waals surface area contributed by atoms with E-state index in [-0.39, 0.29) is 30.8 Å². The molecule has 0 atom stereocenters. The molecule has 0 spiro atoms. The minimum Gasteiger partial charge on any atom is -0.457 e. The van der Waals surface area contributed by atoms with Crippen molar-refractivity contribution in [1.29, 1.82) is 0 Å². The number of ether oxygens (including phenoxy) is 1. The van der Waals surface area contributed by atoms with Crippen LogP contribution in [-0.2, 0) is 56.7 Å². The van der Waals surface area contributed by atoms with Gasteiger partial charge in [0.1, 0.15) is 18.1 Å². The molecular weight excluding hydrogens is 991 g/mol. The molecule has 5 aromatic rings. The van der Waals surface area contributed by atoms with Crippen LogP contribution in [0.25, 0.3) is 21.5 Å². The Morgan fingerprint density at radius 3 is 1.99 bits per heavy atom. The van der Waals surface area contributed by atoms with Crippen LogP contribution in [0.15, 0.2) is 144 Å². The highest BCUT2D eigenvalue weighted by atomic mass is 32.2. The molecule has 9 rings (SSSR count). The molecule has 0 bridgehead atoms. The minimum atomic E-state index is -4.12. The Kier molecular flexibility index (Phi) is 15.2. The fourth-order valence-corrected chi connectivity index (χ4v) is 12.4. The van der Waals surface area contributed by atoms with Gasteiger partial charge < -0.3 is 14.5 Å². The first-order valence-electron chi connectivity index (χ1n) is 25.7. The van der Waals surface area contributed by atoms with E-state index in [1.807, 2.05) is 48.5 Å². The summed E-state index contributed by atoms with van der Waals surface area (Å²) in [7, 11) is -8.23. The number of amides is 2. The number of benzene rings is 5. The van der Waals surface area contributed by atoms with Crippen molar-refractivity contribution in [3.8, 4) is 5.75 Å². The van der Waals surface area contributed by atoms with Crippen LogP contribution in [0.3, 0.4) is 0 Å². The zero-order chi connectivity index (χ0) is 53.3. The van der Waals surface area contributed by atoms with Gasteiger partial charge in [-0.05, 0) is 139 Å². The molecule has 1 fully saturated rings. The summed E-state index contributed by atoms with van der Waals surface area (Å²) in [6.45, 7) is 9.92. The Morgan fingerprint density at radius 1 is 0.693 bits per heavy atom. The molecule has 2 amide bonds. The predicted molar refractivity (Wildman–Crippen MR) is 291 cm³/mol. The summed E-state index contributed by atoms with van der Waals surface area (Å²) >= 11 is 0. The molecule has 4 aliphatic rings. The lowest BCUT2D eigenvalue weighted by molar-refractivity contribution is -0.438. The number of allylic oxidation sites excluding steroid dienone is 7. The molecule has 392 valence electrons. The van der Waals surface area contributed by atoms with Gasteiger partial charge in [-0.2, -0.15) is 21.4 Å². The average molecular weight is 1060 g/mol. The second-order valence-corrected chi connectivity index (χ2v) is 24.0. The van der Waals surface area contributed by atoms with Gasteiger partial charge in [-0.15, -0.1) is 5.06 Å². The van der Waals surface area contributed by atoms with Crippen LogP contribution in [0.5, 0.6) is 5.75 Å². The number of fused-ring (bicyclic) bond motifs is 6. The maximum Gasteiger partial charge on any atom is 0.333 e. The van der Waals surface area contributed by atoms with Gasteiger partial charge in [-0.3, -0.25) is 18.7 Å². The molecule has 2 N–H and O–H groups in total. The van der Waals surface area contributed by atoms with Crippen LogP contribution in [0.1, 0.15) is 109 Å². The summed E-state index contributed by atoms with van der Waals surface area (Å²) in [5.74, 6) is -1.10. The van der Waals surface area contributed by atoms with Crippen LogP contribution in [-0.4, -0.2) is 83.7 Å². The van der Waals surface area contributed by atoms with Crippen molar-refractivity contribution < 1.29 is 54.5 Å². The molecule has 5 aromatic carbocycles. The average Bonchev–Trinajstić information content (AvgIpc) is 3.89. The standard InChI is InChI=1S/C59H63N3O11S2/c1-58(2)50(60(36-9-11-38-74(66,67)68)48-29-23-41-14-5-7-18-46(41)55(48)58)31-25-43-16-13-17-44(57(43)72-45-27-20-40(21-28-45)22-35-54(65)73-62-52(63)33-34-53(62)64)26-32-51-59(3,4)56-47-19-8-6-15-42(47)24-30-49(56)61(51)37-10-12-39-75(69,70)71/h5-8,14-15,18-21,23-32H,9-13,16-17,22,33-39H2,1-4H3,(H-,66,67,68,69,70,71)/p+1. The summed E-state index contributed by atoms with van der Waals surface area (Å²) in [5.41, 5.74) is 8.38. The molecule has 1 aliphatic carbocycles. The lowest BCUT2D eigenvalue weighted by atomic mass is 9.78. The smallest absolute Gasteiger partial charge is 0.333 e. The normalized spacial score (nSPS) is 18.6. The van der Waals surface area contributed by atoms with Gasteiger partial charge in [0.05, 0.1) is 23.3 Å². The Morgan fingerprint density at radius 2 is 1.32 bits per heavy atom. The Labute approximate surface area is 439 Å². The largest absolute Gasteiger partial charge is 0.457 e. The van der Waals surface area contributed by atoms with Gasteiger partial charge in [0.25, 0.3) is 32.1 Å². The first kappa shape index (κ1) is 53.1. The number of rotatable bonds is 19. The van der Waals surface area contributed by atoms with Crippen molar-refractivity contribution in [3.63, 3.8) is 0 Å². The summed E-state index contributed by atoms with van der Waals surface area (Å²) in [6, 6.07) is 32.6. The van der Waals surface area contributed by atoms with Gasteiger partial charge in [0.2, 0.25) is 5.69 Å². The Balaban J connectivity index is 1.10. The lowest BCUT2D eigenvalue weighted by Gasteiger charge is -2.28. The van der Waals surface area contributed by atoms with Gasteiger partial charge in [-0.25, -0.2) is 4.79 Å². The number of imide groups is 1. The Hall–Kier alpha value is -6.72. The Bertz CT molecular complexity index is 3480. The molecule has 3 aliphatic heterocycles. The second-order valence-electron chi connectivity index (χ2n) is 20.9. The maximum atomic E-state index is 12.7. The topological polar surface area (TPSA) is 188 Å². The van der Waals surface area contributed by atoms with Crippen molar-refractivity contribution in [1.82, 2.24) is 5.06 Å². The summed E-state index contributed by atoms with van der Waals surface area (Å²) < 4.78 is 75.3. The number of nitrogens with zero attached hydrogens (tertiary/aromatic N) is 3. The fraction of sp³-hybridized carbons (Fsp3) is 0.356. The SMILES string of the molecule is CC1(C)C(/C=C/C2=C(Oc3ccc(CCC(=O)ON4C(=O)CCC4=O)cc3)C(=C/C=C3/N(CCCCS(=O)(=O)O)c4ccc5ccccc5c4C3(C)C)/CCC2)=[N+](CCCCS(=O)(=O)O)c2ccc3ccccc3c21. The van der Waals surface area contributed by atoms with Crippen molar-refractivity contribution in [3.05, 3.63) is 161 Å². The second kappa shape index (κ2) is 21.5. The van der Waals surface area contributed by atoms with E-state index >= 15 is 0 Å². The number of carbonyl (C=O) groups is 3. The first-order valence-corrected chi connectivity index (χ1v) is 28.9. The first-order chi connectivity index (χ1) is 35.7. The number of anilines is 1. The van der Waals surface area contributed by atoms with E-state index in [2.05, 4.69) is 110 Å². The molecule has 75 heavy (non-hydrogen) atoms. The number of carbonyl (C=O) groups excluding carboxylic acids is 3. The van der Waals surface area contributed by atoms with Gasteiger partial charge in [0.15, 0.2) is 5.71 Å². The van der Waals surface area contributed by atoms with E-state index in [1.54, 1.807) is 0 Å². The number of hydrogen-bond acceptors (Lipinski definition) is 10. The maximum absolute atomic E-state index is 12.7. The van der Waals surface area contributed by atoms with E-state index < -0.39 is 48.8 Å². The third-order valence-electron chi connectivity index (χ3n) is 14.9. The zero-order valence-corrected chi connectivity index (χ0v) is 44.5. The lowest BCUT2D eigenvalue weighted by Crippen LogP contribution is -2.32. The van der Waals surface area contributed by atoms with E-state index in [1.165, 1.54) is 11.1 Å². The van der Waals surface area contributed by atoms with Crippen LogP contribution in [0, 0.1) is 0 Å². The number of hydrogen-bond donors (Lipinski definition) is 2. The zero-order valence-electron chi connectivity index (χ0n) is 42.9. The number of hydroxylamine groups is 2. The van der Waals surface area contributed by atoms with Crippen molar-refractivity contribution in [2.75, 3.05) is 29.5 Å². The third-order valence-corrected chi connectivity index (χ3v) is 16.5. The summed E-state index contributed by atoms with van der Waals surface area (Å²) in [6.07, 6.45) is 12.8. The predicted octanol–water partition coefficient (Wildman–Crippen LogP) is 10.9. The number of unbranched alkanes of at least 4 members (excludes halogenated alkanes) is 2. The van der Waals surface area contributed by atoms with Gasteiger partial charge >= 0.3 is 5.97 Å². The molecular formula is C59H64N3O11S2+. The van der Waals surface area contributed by atoms with E-state index in [4.69, 9.17) is 9.57 Å². The highest BCUT2D eigenvalue weighted by molar-refractivity contribution is 7.86. The van der Waals surface area contributed by atoms with Gasteiger partial charge in [-0.1, -0.05) is 86.7 Å². The molecule has 0 saturated carbocycles. The highest BCUT2D eigenvalue weighted by Crippen LogP contribution is 2.51. The quantitative estimate of drug-likeness (QED) is 0.0345. The summed E-state index contributed by atoms with van der Waals surface area (Å²) in [4.78, 5) is 44.1. The molecule has 14 nitrogen and oxygen atoms in total. The van der Waals surface area contributed by atoms with Gasteiger partial charge in [0, 0.05) is 60.3 Å². The monoisotopic (exact) mass is 1050 g/mol. The van der Waals surface area contributed by atoms with E-state index in [0.29, 0.717) is 74.6 Å². The van der Waals surface area contributed by atoms with Crippen LogP contribution >= 0.6 is 0 Å². The molecule has 0 aromatic heterocycles. The molecule has 1 saturated heterocycles. The van der Waals surface area contributed by atoms with Crippen molar-refractivity contribution in [2.45, 2.75) is 109 Å². The highest BCUT2D eigenvalue weighted by Gasteiger charge is 2.46. The molecule has 0 unspecified atom stereocenters. The molecule has 3 heterocycles. The van der Waals surface area contributed by atoms with Crippen LogP contribution in [0.4, 0.5) is 11.4 Å². The fourth-order valence-electron chi connectivity index (χ4n) is 11.3. The minimum absolute atomic E-state index is 0.0174. The molecule has 16 heteroatoms. The van der Waals surface area contributed by atoms with Crippen molar-refractivity contribution in [2.24, 2.45) is 0 Å². The third kappa shape index (κ3) is 11.6. The molecule has 0 radical (unpaired) electrons. The van der Waals surface area contributed by atoms with Crippen LogP contribution < -0.4 is 9.64 Å². The van der Waals surface area contributed by atoms with E-state index in [0.717, 1.165) is 67.5 Å². The van der Waals surface area contributed by atoms with E-state index in [9.17, 15) is 40.3 Å². The van der Waals surface area contributed by atoms with Crippen molar-refractivity contribution >= 4 is 76.7 Å². The summed E-state index contributed by atoms with van der Waals surface area (Å²) in [5, 5.41) is 5.08.